The van der Waals surface area contributed by atoms with E-state index >= 15 is 0 Å². The summed E-state index contributed by atoms with van der Waals surface area (Å²) >= 11 is 1.75. The Morgan fingerprint density at radius 1 is 1.25 bits per heavy atom. The minimum absolute atomic E-state index is 0.935. The summed E-state index contributed by atoms with van der Waals surface area (Å²) in [5, 5.41) is 1.10. The molecule has 0 saturated heterocycles. The molecule has 0 bridgehead atoms. The first-order valence-electron chi connectivity index (χ1n) is 3.81. The Bertz CT molecular complexity index is 327. The molecule has 0 unspecified atom stereocenters. The third-order valence-electron chi connectivity index (χ3n) is 1.66. The van der Waals surface area contributed by atoms with Crippen molar-refractivity contribution < 1.29 is 0 Å². The molecule has 1 aromatic rings. The molecule has 60 valence electrons. The van der Waals surface area contributed by atoms with Crippen molar-refractivity contribution in [3.63, 3.8) is 0 Å². The molecule has 0 atom stereocenters. The lowest BCUT2D eigenvalue weighted by Gasteiger charge is -1.96. The molecule has 0 saturated carbocycles. The molecular weight excluding hydrogens is 166 g/mol. The van der Waals surface area contributed by atoms with E-state index in [4.69, 9.17) is 0 Å². The van der Waals surface area contributed by atoms with Gasteiger partial charge in [0, 0.05) is 17.0 Å². The smallest absolute Gasteiger partial charge is 0.104 e. The maximum atomic E-state index is 4.34. The summed E-state index contributed by atoms with van der Waals surface area (Å²) in [7, 11) is 0. The summed E-state index contributed by atoms with van der Waals surface area (Å²) in [4.78, 5) is 4.34. The Morgan fingerprint density at radius 3 is 2.58 bits per heavy atom. The zero-order valence-electron chi connectivity index (χ0n) is 6.66. The highest BCUT2D eigenvalue weighted by atomic mass is 32.2. The van der Waals surface area contributed by atoms with Crippen LogP contribution in [0.25, 0.3) is 0 Å². The van der Waals surface area contributed by atoms with Crippen LogP contribution in [0.15, 0.2) is 47.6 Å². The molecule has 1 aromatic carbocycles. The molecular formula is C10H9NS. The second kappa shape index (κ2) is 3.15. The average molecular weight is 175 g/mol. The van der Waals surface area contributed by atoms with E-state index in [1.165, 1.54) is 5.56 Å². The number of hydrogen-bond donors (Lipinski definition) is 0. The summed E-state index contributed by atoms with van der Waals surface area (Å²) in [6, 6.07) is 10.2. The number of benzene rings is 1. The highest BCUT2D eigenvalue weighted by Crippen LogP contribution is 2.24. The summed E-state index contributed by atoms with van der Waals surface area (Å²) in [5.74, 6) is 0.935. The molecule has 1 heterocycles. The van der Waals surface area contributed by atoms with Gasteiger partial charge in [-0.2, -0.15) is 0 Å². The van der Waals surface area contributed by atoms with Crippen LogP contribution in [0.5, 0.6) is 0 Å². The number of hydrogen-bond acceptors (Lipinski definition) is 2. The summed E-state index contributed by atoms with van der Waals surface area (Å²) in [5.41, 5.74) is 2.17. The van der Waals surface area contributed by atoms with Crippen LogP contribution >= 0.6 is 11.8 Å². The fraction of sp³-hybridized carbons (Fsp3) is 0.100. The zero-order chi connectivity index (χ0) is 8.39. The number of rotatable bonds is 1. The largest absolute Gasteiger partial charge is 0.246 e. The van der Waals surface area contributed by atoms with Crippen molar-refractivity contribution in [2.24, 2.45) is 4.99 Å². The minimum Gasteiger partial charge on any atom is -0.246 e. The van der Waals surface area contributed by atoms with E-state index in [9.17, 15) is 0 Å². The first-order valence-corrected chi connectivity index (χ1v) is 4.79. The van der Waals surface area contributed by atoms with Crippen LogP contribution in [-0.2, 0) is 0 Å². The second-order valence-corrected chi connectivity index (χ2v) is 3.60. The molecule has 1 nitrogen and oxygen atoms in total. The van der Waals surface area contributed by atoms with Gasteiger partial charge in [0.05, 0.1) is 0 Å². The molecule has 1 aliphatic rings. The Hall–Kier alpha value is -1.02. The predicted octanol–water partition coefficient (Wildman–Crippen LogP) is 2.69. The van der Waals surface area contributed by atoms with E-state index in [2.05, 4.69) is 23.7 Å². The van der Waals surface area contributed by atoms with Crippen molar-refractivity contribution in [2.45, 2.75) is 0 Å². The molecule has 0 spiro atoms. The van der Waals surface area contributed by atoms with E-state index in [0.717, 1.165) is 16.5 Å². The van der Waals surface area contributed by atoms with E-state index in [0.29, 0.717) is 0 Å². The molecule has 0 amide bonds. The predicted molar refractivity (Wildman–Crippen MR) is 54.6 cm³/mol. The van der Waals surface area contributed by atoms with Crippen LogP contribution in [-0.4, -0.2) is 10.8 Å². The van der Waals surface area contributed by atoms with Gasteiger partial charge in [-0.3, -0.25) is 0 Å². The fourth-order valence-corrected chi connectivity index (χ4v) is 1.95. The van der Waals surface area contributed by atoms with Crippen molar-refractivity contribution >= 4 is 16.8 Å². The quantitative estimate of drug-likeness (QED) is 0.639. The van der Waals surface area contributed by atoms with E-state index in [-0.39, 0.29) is 0 Å². The van der Waals surface area contributed by atoms with Crippen molar-refractivity contribution in [1.82, 2.24) is 0 Å². The monoisotopic (exact) mass is 175 g/mol. The maximum Gasteiger partial charge on any atom is 0.104 e. The van der Waals surface area contributed by atoms with Gasteiger partial charge in [0.2, 0.25) is 0 Å². The van der Waals surface area contributed by atoms with Gasteiger partial charge in [-0.05, 0) is 0 Å². The van der Waals surface area contributed by atoms with Crippen LogP contribution < -0.4 is 0 Å². The lowest BCUT2D eigenvalue weighted by atomic mass is 10.2. The third kappa shape index (κ3) is 1.43. The van der Waals surface area contributed by atoms with Gasteiger partial charge < -0.3 is 0 Å². The van der Waals surface area contributed by atoms with Crippen LogP contribution in [0, 0.1) is 0 Å². The van der Waals surface area contributed by atoms with Gasteiger partial charge in [0.25, 0.3) is 0 Å². The van der Waals surface area contributed by atoms with Gasteiger partial charge in [0.1, 0.15) is 5.04 Å². The maximum absolute atomic E-state index is 4.34. The van der Waals surface area contributed by atoms with Gasteiger partial charge in [-0.1, -0.05) is 48.7 Å². The first-order chi connectivity index (χ1) is 5.86. The van der Waals surface area contributed by atoms with Crippen LogP contribution in [0.3, 0.4) is 0 Å². The molecule has 0 fully saturated rings. The third-order valence-corrected chi connectivity index (χ3v) is 2.73. The van der Waals surface area contributed by atoms with Crippen molar-refractivity contribution in [3.8, 4) is 0 Å². The van der Waals surface area contributed by atoms with Gasteiger partial charge in [-0.15, -0.1) is 0 Å². The lowest BCUT2D eigenvalue weighted by Crippen LogP contribution is -1.89. The molecule has 0 radical (unpaired) electrons. The summed E-state index contributed by atoms with van der Waals surface area (Å²) in [6.45, 7) is 3.82. The number of nitrogens with zero attached hydrogens (tertiary/aromatic N) is 1. The molecule has 0 aliphatic carbocycles. The Morgan fingerprint density at radius 2 is 2.00 bits per heavy atom. The molecule has 12 heavy (non-hydrogen) atoms. The molecule has 2 heteroatoms. The van der Waals surface area contributed by atoms with Crippen molar-refractivity contribution in [1.29, 1.82) is 0 Å². The summed E-state index contributed by atoms with van der Waals surface area (Å²) < 4.78 is 0. The van der Waals surface area contributed by atoms with Crippen molar-refractivity contribution in [3.05, 3.63) is 48.2 Å². The van der Waals surface area contributed by atoms with Gasteiger partial charge in [-0.25, -0.2) is 4.99 Å². The number of thioether (sulfide) groups is 1. The van der Waals surface area contributed by atoms with Gasteiger partial charge in [0.15, 0.2) is 0 Å². The topological polar surface area (TPSA) is 12.4 Å². The Balaban J connectivity index is 2.33. The lowest BCUT2D eigenvalue weighted by molar-refractivity contribution is 1.38. The van der Waals surface area contributed by atoms with E-state index in [1.807, 2.05) is 18.2 Å². The van der Waals surface area contributed by atoms with Crippen LogP contribution in [0.1, 0.15) is 5.56 Å². The normalized spacial score (nSPS) is 16.3. The number of aliphatic imine (C=N–C) groups is 1. The van der Waals surface area contributed by atoms with Crippen molar-refractivity contribution in [2.75, 3.05) is 5.75 Å². The first kappa shape index (κ1) is 7.62. The highest BCUT2D eigenvalue weighted by Gasteiger charge is 2.11. The SMILES string of the molecule is C=C1CSC(c2ccccc2)=N1. The summed E-state index contributed by atoms with van der Waals surface area (Å²) in [6.07, 6.45) is 0. The Labute approximate surface area is 76.2 Å². The molecule has 0 N–H and O–H groups in total. The van der Waals surface area contributed by atoms with E-state index in [1.54, 1.807) is 11.8 Å². The van der Waals surface area contributed by atoms with Crippen LogP contribution in [0.2, 0.25) is 0 Å². The molecule has 1 aliphatic heterocycles. The Kier molecular flexibility index (Phi) is 2.00. The standard InChI is InChI=1S/C10H9NS/c1-8-7-12-10(11-8)9-5-3-2-4-6-9/h2-6H,1,7H2. The van der Waals surface area contributed by atoms with Crippen LogP contribution in [0.4, 0.5) is 0 Å². The minimum atomic E-state index is 0.935. The van der Waals surface area contributed by atoms with Gasteiger partial charge >= 0.3 is 0 Å². The molecule has 0 aromatic heterocycles. The van der Waals surface area contributed by atoms with E-state index < -0.39 is 0 Å². The fourth-order valence-electron chi connectivity index (χ4n) is 1.09. The zero-order valence-corrected chi connectivity index (χ0v) is 7.47. The second-order valence-electron chi connectivity index (χ2n) is 2.64. The molecule has 2 rings (SSSR count). The highest BCUT2D eigenvalue weighted by molar-refractivity contribution is 8.14. The average Bonchev–Trinajstić information content (AvgIpc) is 2.54.